The van der Waals surface area contributed by atoms with Crippen LogP contribution in [0.2, 0.25) is 0 Å². The van der Waals surface area contributed by atoms with Gasteiger partial charge in [-0.15, -0.1) is 5.10 Å². The molecule has 0 aliphatic rings. The molecule has 54 heavy (non-hydrogen) atoms. The van der Waals surface area contributed by atoms with Crippen LogP contribution in [0.3, 0.4) is 0 Å². The van der Waals surface area contributed by atoms with Gasteiger partial charge in [0, 0.05) is 24.3 Å². The zero-order valence-electron chi connectivity index (χ0n) is 31.0. The fourth-order valence-corrected chi connectivity index (χ4v) is 7.42. The van der Waals surface area contributed by atoms with E-state index in [1.165, 1.54) is 5.56 Å². The van der Waals surface area contributed by atoms with E-state index < -0.39 is 5.54 Å². The molecular weight excluding hydrogens is 665 g/mol. The number of likely N-dealkylation sites (N-methyl/N-ethyl adjacent to an activating group) is 1. The van der Waals surface area contributed by atoms with Gasteiger partial charge in [-0.2, -0.15) is 0 Å². The summed E-state index contributed by atoms with van der Waals surface area (Å²) in [4.78, 5) is 17.9. The molecule has 1 aromatic heterocycles. The van der Waals surface area contributed by atoms with Gasteiger partial charge in [-0.25, -0.2) is 4.68 Å². The highest BCUT2D eigenvalue weighted by atomic mass is 16.2. The van der Waals surface area contributed by atoms with Crippen molar-refractivity contribution in [3.8, 4) is 22.5 Å². The first kappa shape index (κ1) is 36.2. The number of aromatic nitrogens is 4. The van der Waals surface area contributed by atoms with E-state index in [1.54, 1.807) is 0 Å². The van der Waals surface area contributed by atoms with Crippen molar-refractivity contribution >= 4 is 11.6 Å². The van der Waals surface area contributed by atoms with Gasteiger partial charge in [0.1, 0.15) is 5.54 Å². The first-order valence-electron chi connectivity index (χ1n) is 18.8. The highest BCUT2D eigenvalue weighted by molar-refractivity contribution is 5.95. The number of benzene rings is 6. The van der Waals surface area contributed by atoms with E-state index in [0.717, 1.165) is 58.3 Å². The molecule has 0 aliphatic heterocycles. The zero-order valence-corrected chi connectivity index (χ0v) is 31.0. The molecule has 0 bridgehead atoms. The highest BCUT2D eigenvalue weighted by Gasteiger charge is 2.42. The number of nitrogens with zero attached hydrogens (tertiary/aromatic N) is 6. The Morgan fingerprint density at radius 2 is 1.15 bits per heavy atom. The van der Waals surface area contributed by atoms with Crippen LogP contribution < -0.4 is 4.90 Å². The van der Waals surface area contributed by atoms with Crippen molar-refractivity contribution < 1.29 is 4.79 Å². The average molecular weight is 711 g/mol. The number of anilines is 1. The summed E-state index contributed by atoms with van der Waals surface area (Å²) < 4.78 is 1.97. The molecule has 7 rings (SSSR count). The van der Waals surface area contributed by atoms with Gasteiger partial charge in [-0.1, -0.05) is 177 Å². The Balaban J connectivity index is 1.26. The Morgan fingerprint density at radius 3 is 1.70 bits per heavy atom. The Morgan fingerprint density at radius 1 is 0.630 bits per heavy atom. The lowest BCUT2D eigenvalue weighted by molar-refractivity contribution is -0.119. The normalized spacial score (nSPS) is 11.5. The Bertz CT molecular complexity index is 2130. The minimum atomic E-state index is -0.868. The number of hydrogen-bond acceptors (Lipinski definition) is 5. The summed E-state index contributed by atoms with van der Waals surface area (Å²) in [6, 6.07) is 58.2. The van der Waals surface area contributed by atoms with Crippen molar-refractivity contribution in [3.63, 3.8) is 0 Å². The highest BCUT2D eigenvalue weighted by Crippen LogP contribution is 2.43. The second-order valence-electron chi connectivity index (χ2n) is 13.7. The molecule has 0 spiro atoms. The third kappa shape index (κ3) is 7.63. The maximum absolute atomic E-state index is 13.8. The largest absolute Gasteiger partial charge is 0.311 e. The molecule has 1 amide bonds. The van der Waals surface area contributed by atoms with E-state index in [4.69, 9.17) is 10.3 Å². The molecule has 0 saturated heterocycles. The van der Waals surface area contributed by atoms with Gasteiger partial charge < -0.3 is 4.90 Å². The van der Waals surface area contributed by atoms with Gasteiger partial charge in [0.05, 0.1) is 6.54 Å². The Labute approximate surface area is 318 Å². The topological polar surface area (TPSA) is 67.2 Å². The fraction of sp³-hybridized carbons (Fsp3) is 0.191. The van der Waals surface area contributed by atoms with E-state index >= 15 is 0 Å². The summed E-state index contributed by atoms with van der Waals surface area (Å²) in [6.07, 6.45) is 3.11. The lowest BCUT2D eigenvalue weighted by Crippen LogP contribution is -2.39. The number of rotatable bonds is 15. The molecule has 1 heterocycles. The maximum atomic E-state index is 13.8. The van der Waals surface area contributed by atoms with E-state index in [2.05, 4.69) is 138 Å². The lowest BCUT2D eigenvalue weighted by Gasteiger charge is -2.36. The second kappa shape index (κ2) is 17.1. The average Bonchev–Trinajstić information content (AvgIpc) is 3.72. The van der Waals surface area contributed by atoms with Crippen molar-refractivity contribution in [1.82, 2.24) is 25.1 Å². The van der Waals surface area contributed by atoms with Crippen LogP contribution in [0.4, 0.5) is 5.69 Å². The van der Waals surface area contributed by atoms with Gasteiger partial charge in [-0.05, 0) is 69.4 Å². The van der Waals surface area contributed by atoms with E-state index in [1.807, 2.05) is 65.2 Å². The Hall–Kier alpha value is -6.18. The van der Waals surface area contributed by atoms with Crippen LogP contribution in [0.1, 0.15) is 48.4 Å². The number of amides is 1. The molecule has 0 saturated carbocycles. The molecular formula is C47H46N6O. The molecule has 0 fully saturated rings. The monoisotopic (exact) mass is 710 g/mol. The quantitative estimate of drug-likeness (QED) is 0.0784. The van der Waals surface area contributed by atoms with Crippen LogP contribution in [-0.4, -0.2) is 51.2 Å². The summed E-state index contributed by atoms with van der Waals surface area (Å²) >= 11 is 0. The van der Waals surface area contributed by atoms with Crippen LogP contribution in [0.25, 0.3) is 22.5 Å². The molecule has 7 nitrogen and oxygen atoms in total. The summed E-state index contributed by atoms with van der Waals surface area (Å²) in [5, 5.41) is 13.8. The van der Waals surface area contributed by atoms with E-state index in [9.17, 15) is 4.79 Å². The molecule has 6 aromatic carbocycles. The van der Waals surface area contributed by atoms with Gasteiger partial charge in [0.2, 0.25) is 5.91 Å². The van der Waals surface area contributed by atoms with Crippen molar-refractivity contribution in [2.24, 2.45) is 0 Å². The molecule has 270 valence electrons. The molecule has 0 atom stereocenters. The van der Waals surface area contributed by atoms with Gasteiger partial charge >= 0.3 is 0 Å². The van der Waals surface area contributed by atoms with Crippen molar-refractivity contribution in [3.05, 3.63) is 192 Å². The first-order valence-corrected chi connectivity index (χ1v) is 18.8. The molecule has 0 unspecified atom stereocenters. The van der Waals surface area contributed by atoms with Gasteiger partial charge in [0.25, 0.3) is 0 Å². The standard InChI is InChI=1S/C47H46N6O/c1-3-4-19-34-52(45(54)36-51(2)35-37-20-9-5-10-21-37)42-32-30-38(31-33-42)43-28-17-18-29-44(43)46-48-49-50-53(46)47(39-22-11-6-12-23-39,40-24-13-7-14-25-40)41-26-15-8-16-27-41/h5-18,20-33H,3-4,19,34-36H2,1-2H3. The zero-order chi connectivity index (χ0) is 37.2. The Kier molecular flexibility index (Phi) is 11.5. The summed E-state index contributed by atoms with van der Waals surface area (Å²) in [5.41, 5.74) is 7.25. The minimum absolute atomic E-state index is 0.0935. The van der Waals surface area contributed by atoms with Crippen LogP contribution in [0.15, 0.2) is 170 Å². The third-order valence-corrected chi connectivity index (χ3v) is 10.0. The summed E-state index contributed by atoms with van der Waals surface area (Å²) in [5.74, 6) is 0.736. The second-order valence-corrected chi connectivity index (χ2v) is 13.7. The van der Waals surface area contributed by atoms with Gasteiger partial charge in [0.15, 0.2) is 5.82 Å². The predicted molar refractivity (Wildman–Crippen MR) is 218 cm³/mol. The molecule has 7 heteroatoms. The van der Waals surface area contributed by atoms with Gasteiger partial charge in [-0.3, -0.25) is 9.69 Å². The van der Waals surface area contributed by atoms with Crippen LogP contribution in [0.5, 0.6) is 0 Å². The number of carbonyl (C=O) groups excluding carboxylic acids is 1. The fourth-order valence-electron chi connectivity index (χ4n) is 7.42. The van der Waals surface area contributed by atoms with Crippen LogP contribution in [-0.2, 0) is 16.9 Å². The van der Waals surface area contributed by atoms with Crippen molar-refractivity contribution in [1.29, 1.82) is 0 Å². The predicted octanol–water partition coefficient (Wildman–Crippen LogP) is 9.50. The van der Waals surface area contributed by atoms with Crippen LogP contribution >= 0.6 is 0 Å². The first-order chi connectivity index (χ1) is 26.6. The number of carbonyl (C=O) groups is 1. The van der Waals surface area contributed by atoms with Crippen LogP contribution in [0, 0.1) is 0 Å². The number of tetrazole rings is 1. The number of unbranched alkanes of at least 4 members (excludes halogenated alkanes) is 2. The molecule has 0 aliphatic carbocycles. The minimum Gasteiger partial charge on any atom is -0.311 e. The third-order valence-electron chi connectivity index (χ3n) is 10.0. The smallest absolute Gasteiger partial charge is 0.241 e. The summed E-state index contributed by atoms with van der Waals surface area (Å²) in [6.45, 7) is 3.91. The number of hydrogen-bond donors (Lipinski definition) is 0. The van der Waals surface area contributed by atoms with E-state index in [0.29, 0.717) is 25.5 Å². The SMILES string of the molecule is CCCCCN(C(=O)CN(C)Cc1ccccc1)c1ccc(-c2ccccc2-c2nnnn2C(c2ccccc2)(c2ccccc2)c2ccccc2)cc1. The summed E-state index contributed by atoms with van der Waals surface area (Å²) in [7, 11) is 2.00. The van der Waals surface area contributed by atoms with Crippen molar-refractivity contribution in [2.75, 3.05) is 25.0 Å². The maximum Gasteiger partial charge on any atom is 0.241 e. The molecule has 0 radical (unpaired) electrons. The molecule has 0 N–H and O–H groups in total. The van der Waals surface area contributed by atoms with Crippen molar-refractivity contribution in [2.45, 2.75) is 38.3 Å². The van der Waals surface area contributed by atoms with E-state index in [-0.39, 0.29) is 5.91 Å². The molecule has 7 aromatic rings. The lowest BCUT2D eigenvalue weighted by atomic mass is 9.77.